The van der Waals surface area contributed by atoms with Crippen LogP contribution in [0.3, 0.4) is 0 Å². The Kier molecular flexibility index (Phi) is 13.1. The number of esters is 1. The molecule has 1 aliphatic rings. The van der Waals surface area contributed by atoms with E-state index in [9.17, 15) is 19.2 Å². The Morgan fingerprint density at radius 2 is 1.41 bits per heavy atom. The van der Waals surface area contributed by atoms with Crippen molar-refractivity contribution >= 4 is 23.9 Å². The molecule has 0 spiro atoms. The van der Waals surface area contributed by atoms with Crippen LogP contribution >= 0.6 is 0 Å². The number of likely N-dealkylation sites (N-methyl/N-ethyl adjacent to an activating group) is 2. The second-order valence-electron chi connectivity index (χ2n) is 15.0. The number of ether oxygens (including phenoxy) is 3. The standard InChI is InChI=1S/C39H57N3O7/c1-13-25(4)34(31(47-12)22-32(43)49-38(5,6)7)41(10)35(44)33(24(2)3)40-36(45)39(8,9)42(11)37(46)48-23-30-28-20-16-14-18-26(28)27-19-15-17-21-29(27)30/h14-21,24-25,30-31,33-34H,13,22-23H2,1-12H3,(H,40,45)/t25-,31+,33-,34-/m0/s1. The molecule has 3 amide bonds. The fourth-order valence-corrected chi connectivity index (χ4v) is 6.40. The molecule has 10 nitrogen and oxygen atoms in total. The molecule has 0 radical (unpaired) electrons. The van der Waals surface area contributed by atoms with Gasteiger partial charge in [0.25, 0.3) is 0 Å². The van der Waals surface area contributed by atoms with E-state index >= 15 is 0 Å². The van der Waals surface area contributed by atoms with E-state index in [0.717, 1.165) is 28.7 Å². The van der Waals surface area contributed by atoms with Crippen molar-refractivity contribution in [2.75, 3.05) is 27.8 Å². The molecular weight excluding hydrogens is 622 g/mol. The number of fused-ring (bicyclic) bond motifs is 3. The SMILES string of the molecule is CC[C@H](C)[C@@H]([C@@H](CC(=O)OC(C)(C)C)OC)N(C)C(=O)[C@@H](NC(=O)C(C)(C)N(C)C(=O)OCC1c2ccccc2-c2ccccc21)C(C)C. The number of rotatable bonds is 14. The molecule has 0 saturated heterocycles. The smallest absolute Gasteiger partial charge is 0.410 e. The third-order valence-corrected chi connectivity index (χ3v) is 9.72. The Bertz CT molecular complexity index is 1440. The van der Waals surface area contributed by atoms with Crippen LogP contribution in [0, 0.1) is 11.8 Å². The van der Waals surface area contributed by atoms with Crippen LogP contribution in [0.4, 0.5) is 4.79 Å². The molecule has 0 fully saturated rings. The predicted molar refractivity (Wildman–Crippen MR) is 191 cm³/mol. The highest BCUT2D eigenvalue weighted by molar-refractivity contribution is 5.93. The van der Waals surface area contributed by atoms with Crippen molar-refractivity contribution < 1.29 is 33.4 Å². The van der Waals surface area contributed by atoms with Crippen molar-refractivity contribution in [2.45, 2.75) is 110 Å². The predicted octanol–water partition coefficient (Wildman–Crippen LogP) is 6.41. The van der Waals surface area contributed by atoms with E-state index in [4.69, 9.17) is 14.2 Å². The summed E-state index contributed by atoms with van der Waals surface area (Å²) < 4.78 is 17.2. The molecule has 1 N–H and O–H groups in total. The Balaban J connectivity index is 1.74. The maximum Gasteiger partial charge on any atom is 0.410 e. The Labute approximate surface area is 292 Å². The summed E-state index contributed by atoms with van der Waals surface area (Å²) >= 11 is 0. The average Bonchev–Trinajstić information content (AvgIpc) is 3.36. The van der Waals surface area contributed by atoms with Crippen LogP contribution in [0.1, 0.15) is 92.2 Å². The molecule has 0 aromatic heterocycles. The molecule has 0 heterocycles. The van der Waals surface area contributed by atoms with Gasteiger partial charge in [-0.1, -0.05) is 82.6 Å². The third kappa shape index (κ3) is 9.21. The lowest BCUT2D eigenvalue weighted by atomic mass is 9.89. The van der Waals surface area contributed by atoms with Gasteiger partial charge in [-0.15, -0.1) is 0 Å². The second-order valence-corrected chi connectivity index (χ2v) is 15.0. The molecule has 10 heteroatoms. The summed E-state index contributed by atoms with van der Waals surface area (Å²) in [4.78, 5) is 57.0. The van der Waals surface area contributed by atoms with Gasteiger partial charge in [-0.05, 0) is 68.7 Å². The summed E-state index contributed by atoms with van der Waals surface area (Å²) in [6, 6.07) is 14.8. The van der Waals surface area contributed by atoms with Crippen molar-refractivity contribution in [1.82, 2.24) is 15.1 Å². The monoisotopic (exact) mass is 679 g/mol. The fraction of sp³-hybridized carbons (Fsp3) is 0.590. The summed E-state index contributed by atoms with van der Waals surface area (Å²) in [5, 5.41) is 2.93. The molecule has 2 aromatic carbocycles. The van der Waals surface area contributed by atoms with E-state index in [-0.39, 0.29) is 36.7 Å². The molecular formula is C39H57N3O7. The molecule has 4 atom stereocenters. The first kappa shape index (κ1) is 39.5. The number of hydrogen-bond acceptors (Lipinski definition) is 7. The van der Waals surface area contributed by atoms with Crippen molar-refractivity contribution in [2.24, 2.45) is 11.8 Å². The summed E-state index contributed by atoms with van der Waals surface area (Å²) in [5.41, 5.74) is 2.43. The highest BCUT2D eigenvalue weighted by Gasteiger charge is 2.42. The number of amides is 3. The molecule has 2 aromatic rings. The Hall–Kier alpha value is -3.92. The van der Waals surface area contributed by atoms with Gasteiger partial charge >= 0.3 is 12.1 Å². The number of nitrogens with zero attached hydrogens (tertiary/aromatic N) is 2. The van der Waals surface area contributed by atoms with E-state index in [1.165, 1.54) is 19.1 Å². The highest BCUT2D eigenvalue weighted by atomic mass is 16.6. The number of carbonyl (C=O) groups is 4. The van der Waals surface area contributed by atoms with Crippen LogP contribution < -0.4 is 5.32 Å². The van der Waals surface area contributed by atoms with E-state index < -0.39 is 47.3 Å². The fourth-order valence-electron chi connectivity index (χ4n) is 6.40. The largest absolute Gasteiger partial charge is 0.460 e. The zero-order chi connectivity index (χ0) is 36.8. The van der Waals surface area contributed by atoms with Gasteiger partial charge in [0.05, 0.1) is 18.6 Å². The topological polar surface area (TPSA) is 114 Å². The minimum absolute atomic E-state index is 0.0269. The van der Waals surface area contributed by atoms with Crippen molar-refractivity contribution in [3.63, 3.8) is 0 Å². The minimum atomic E-state index is -1.35. The molecule has 270 valence electrons. The molecule has 0 aliphatic heterocycles. The zero-order valence-electron chi connectivity index (χ0n) is 31.5. The van der Waals surface area contributed by atoms with E-state index in [2.05, 4.69) is 17.4 Å². The van der Waals surface area contributed by atoms with Gasteiger partial charge in [-0.25, -0.2) is 4.79 Å². The van der Waals surface area contributed by atoms with Gasteiger partial charge < -0.3 is 24.4 Å². The quantitative estimate of drug-likeness (QED) is 0.230. The van der Waals surface area contributed by atoms with Crippen LogP contribution in [0.2, 0.25) is 0 Å². The van der Waals surface area contributed by atoms with Crippen LogP contribution in [0.25, 0.3) is 11.1 Å². The van der Waals surface area contributed by atoms with Gasteiger partial charge in [0.2, 0.25) is 11.8 Å². The first-order chi connectivity index (χ1) is 22.8. The number of methoxy groups -OCH3 is 1. The molecule has 1 aliphatic carbocycles. The molecule has 0 bridgehead atoms. The lowest BCUT2D eigenvalue weighted by Crippen LogP contribution is -2.62. The maximum atomic E-state index is 14.1. The second kappa shape index (κ2) is 16.2. The van der Waals surface area contributed by atoms with Gasteiger partial charge in [0.1, 0.15) is 23.8 Å². The van der Waals surface area contributed by atoms with Gasteiger partial charge in [-0.3, -0.25) is 19.3 Å². The van der Waals surface area contributed by atoms with Crippen LogP contribution in [-0.4, -0.2) is 90.8 Å². The lowest BCUT2D eigenvalue weighted by Gasteiger charge is -2.41. The maximum absolute atomic E-state index is 14.1. The lowest BCUT2D eigenvalue weighted by molar-refractivity contribution is -0.161. The van der Waals surface area contributed by atoms with Crippen molar-refractivity contribution in [1.29, 1.82) is 0 Å². The van der Waals surface area contributed by atoms with Crippen molar-refractivity contribution in [3.05, 3.63) is 59.7 Å². The van der Waals surface area contributed by atoms with Gasteiger partial charge in [-0.2, -0.15) is 0 Å². The normalized spacial score (nSPS) is 15.4. The number of nitrogens with one attached hydrogen (secondary N) is 1. The van der Waals surface area contributed by atoms with Gasteiger partial charge in [0.15, 0.2) is 0 Å². The van der Waals surface area contributed by atoms with Gasteiger partial charge in [0, 0.05) is 27.1 Å². The Morgan fingerprint density at radius 1 is 0.878 bits per heavy atom. The number of carbonyl (C=O) groups excluding carboxylic acids is 4. The van der Waals surface area contributed by atoms with Crippen LogP contribution in [0.5, 0.6) is 0 Å². The summed E-state index contributed by atoms with van der Waals surface area (Å²) in [7, 11) is 4.72. The van der Waals surface area contributed by atoms with E-state index in [0.29, 0.717) is 0 Å². The summed E-state index contributed by atoms with van der Waals surface area (Å²) in [5.74, 6) is -1.66. The zero-order valence-corrected chi connectivity index (χ0v) is 31.5. The van der Waals surface area contributed by atoms with Crippen molar-refractivity contribution in [3.8, 4) is 11.1 Å². The molecule has 0 saturated carbocycles. The molecule has 3 rings (SSSR count). The minimum Gasteiger partial charge on any atom is -0.460 e. The molecule has 49 heavy (non-hydrogen) atoms. The first-order valence-corrected chi connectivity index (χ1v) is 17.3. The number of benzene rings is 2. The highest BCUT2D eigenvalue weighted by Crippen LogP contribution is 2.44. The summed E-state index contributed by atoms with van der Waals surface area (Å²) in [6.07, 6.45) is -0.573. The molecule has 0 unspecified atom stereocenters. The van der Waals surface area contributed by atoms with Crippen LogP contribution in [0.15, 0.2) is 48.5 Å². The van der Waals surface area contributed by atoms with E-state index in [1.54, 1.807) is 46.6 Å². The van der Waals surface area contributed by atoms with Crippen LogP contribution in [-0.2, 0) is 28.6 Å². The first-order valence-electron chi connectivity index (χ1n) is 17.3. The average molecular weight is 680 g/mol. The summed E-state index contributed by atoms with van der Waals surface area (Å²) in [6.45, 7) is 16.5. The Morgan fingerprint density at radius 3 is 1.88 bits per heavy atom. The van der Waals surface area contributed by atoms with E-state index in [1.807, 2.05) is 64.1 Å². The third-order valence-electron chi connectivity index (χ3n) is 9.72. The number of hydrogen-bond donors (Lipinski definition) is 1.